The molecule has 4 heteroatoms. The lowest BCUT2D eigenvalue weighted by Crippen LogP contribution is -2.29. The molecule has 2 aromatic carbocycles. The van der Waals surface area contributed by atoms with E-state index in [9.17, 15) is 0 Å². The van der Waals surface area contributed by atoms with Crippen molar-refractivity contribution in [1.82, 2.24) is 15.1 Å². The molecule has 0 aliphatic carbocycles. The van der Waals surface area contributed by atoms with E-state index in [1.807, 2.05) is 18.2 Å². The first-order valence-corrected chi connectivity index (χ1v) is 8.94. The van der Waals surface area contributed by atoms with Crippen LogP contribution in [0.4, 0.5) is 0 Å². The molecule has 4 nitrogen and oxygen atoms in total. The van der Waals surface area contributed by atoms with Crippen molar-refractivity contribution in [2.45, 2.75) is 38.3 Å². The summed E-state index contributed by atoms with van der Waals surface area (Å²) in [5, 5.41) is 8.46. The average molecular weight is 333 g/mol. The smallest absolute Gasteiger partial charge is 0.230 e. The van der Waals surface area contributed by atoms with E-state index in [1.165, 1.54) is 17.5 Å². The Balaban J connectivity index is 1.40. The van der Waals surface area contributed by atoms with Crippen molar-refractivity contribution in [3.05, 3.63) is 83.6 Å². The molecule has 0 amide bonds. The Labute approximate surface area is 148 Å². The summed E-state index contributed by atoms with van der Waals surface area (Å²) in [6.07, 6.45) is 1.87. The van der Waals surface area contributed by atoms with Crippen molar-refractivity contribution in [2.24, 2.45) is 0 Å². The largest absolute Gasteiger partial charge is 0.424 e. The predicted octanol–water partition coefficient (Wildman–Crippen LogP) is 4.04. The van der Waals surface area contributed by atoms with Crippen molar-refractivity contribution in [2.75, 3.05) is 6.54 Å². The minimum atomic E-state index is 0.479. The van der Waals surface area contributed by atoms with Crippen molar-refractivity contribution < 1.29 is 4.42 Å². The lowest BCUT2D eigenvalue weighted by Gasteiger charge is -2.23. The van der Waals surface area contributed by atoms with E-state index in [-0.39, 0.29) is 0 Å². The molecule has 2 unspecified atom stereocenters. The first-order valence-electron chi connectivity index (χ1n) is 8.94. The Morgan fingerprint density at radius 2 is 1.64 bits per heavy atom. The molecule has 25 heavy (non-hydrogen) atoms. The Morgan fingerprint density at radius 1 is 0.960 bits per heavy atom. The van der Waals surface area contributed by atoms with E-state index in [1.54, 1.807) is 0 Å². The van der Waals surface area contributed by atoms with Gasteiger partial charge in [0, 0.05) is 12.0 Å². The lowest BCUT2D eigenvalue weighted by atomic mass is 9.93. The molecule has 128 valence electrons. The van der Waals surface area contributed by atoms with Gasteiger partial charge in [-0.2, -0.15) is 0 Å². The highest BCUT2D eigenvalue weighted by atomic mass is 16.4. The molecule has 1 aliphatic rings. The molecular formula is C21H23N3O. The van der Waals surface area contributed by atoms with Gasteiger partial charge in [0.15, 0.2) is 0 Å². The fourth-order valence-corrected chi connectivity index (χ4v) is 3.74. The molecule has 2 atom stereocenters. The standard InChI is InChI=1S/C21H23N3O/c1-16-19(18-10-6-3-7-11-18)12-13-24(16)15-21-23-22-20(25-21)14-17-8-4-2-5-9-17/h2-11,16,19H,12-15H2,1H3. The Bertz CT molecular complexity index is 800. The first-order chi connectivity index (χ1) is 12.3. The third kappa shape index (κ3) is 3.64. The van der Waals surface area contributed by atoms with Gasteiger partial charge in [-0.3, -0.25) is 4.90 Å². The number of nitrogens with zero attached hydrogens (tertiary/aromatic N) is 3. The van der Waals surface area contributed by atoms with Gasteiger partial charge in [0.2, 0.25) is 11.8 Å². The third-order valence-corrected chi connectivity index (χ3v) is 5.16. The van der Waals surface area contributed by atoms with Crippen molar-refractivity contribution in [3.8, 4) is 0 Å². The summed E-state index contributed by atoms with van der Waals surface area (Å²) in [6.45, 7) is 4.09. The fourth-order valence-electron chi connectivity index (χ4n) is 3.74. The van der Waals surface area contributed by atoms with E-state index in [4.69, 9.17) is 4.42 Å². The molecule has 2 heterocycles. The SMILES string of the molecule is CC1C(c2ccccc2)CCN1Cc1nnc(Cc2ccccc2)o1. The normalized spacial score (nSPS) is 20.8. The van der Waals surface area contributed by atoms with E-state index in [2.05, 4.69) is 64.5 Å². The van der Waals surface area contributed by atoms with E-state index >= 15 is 0 Å². The topological polar surface area (TPSA) is 42.2 Å². The highest BCUT2D eigenvalue weighted by Crippen LogP contribution is 2.33. The molecule has 0 N–H and O–H groups in total. The Kier molecular flexibility index (Phi) is 4.61. The first kappa shape index (κ1) is 16.0. The number of rotatable bonds is 5. The molecule has 3 aromatic rings. The minimum Gasteiger partial charge on any atom is -0.424 e. The van der Waals surface area contributed by atoms with Gasteiger partial charge in [-0.15, -0.1) is 10.2 Å². The van der Waals surface area contributed by atoms with Crippen LogP contribution in [0.2, 0.25) is 0 Å². The number of hydrogen-bond acceptors (Lipinski definition) is 4. The number of likely N-dealkylation sites (tertiary alicyclic amines) is 1. The maximum absolute atomic E-state index is 5.87. The second-order valence-corrected chi connectivity index (χ2v) is 6.77. The predicted molar refractivity (Wildman–Crippen MR) is 97.2 cm³/mol. The van der Waals surface area contributed by atoms with Crippen LogP contribution in [0.3, 0.4) is 0 Å². The maximum Gasteiger partial charge on any atom is 0.230 e. The van der Waals surface area contributed by atoms with Crippen LogP contribution >= 0.6 is 0 Å². The van der Waals surface area contributed by atoms with Crippen LogP contribution in [0.1, 0.15) is 42.2 Å². The van der Waals surface area contributed by atoms with Gasteiger partial charge in [0.05, 0.1) is 13.0 Å². The van der Waals surface area contributed by atoms with Crippen LogP contribution in [-0.2, 0) is 13.0 Å². The van der Waals surface area contributed by atoms with Crippen LogP contribution in [-0.4, -0.2) is 27.7 Å². The van der Waals surface area contributed by atoms with Crippen molar-refractivity contribution in [3.63, 3.8) is 0 Å². The van der Waals surface area contributed by atoms with E-state index in [0.717, 1.165) is 13.1 Å². The molecule has 0 radical (unpaired) electrons. The second-order valence-electron chi connectivity index (χ2n) is 6.77. The van der Waals surface area contributed by atoms with Crippen LogP contribution in [0.25, 0.3) is 0 Å². The molecule has 0 spiro atoms. The van der Waals surface area contributed by atoms with Crippen LogP contribution in [0.15, 0.2) is 65.1 Å². The monoisotopic (exact) mass is 333 g/mol. The Morgan fingerprint density at radius 3 is 2.40 bits per heavy atom. The van der Waals surface area contributed by atoms with Crippen LogP contribution in [0, 0.1) is 0 Å². The van der Waals surface area contributed by atoms with Crippen LogP contribution in [0.5, 0.6) is 0 Å². The summed E-state index contributed by atoms with van der Waals surface area (Å²) < 4.78 is 5.87. The van der Waals surface area contributed by atoms with E-state index in [0.29, 0.717) is 30.2 Å². The van der Waals surface area contributed by atoms with Gasteiger partial charge in [0.25, 0.3) is 0 Å². The zero-order chi connectivity index (χ0) is 17.1. The zero-order valence-electron chi connectivity index (χ0n) is 14.5. The second kappa shape index (κ2) is 7.19. The zero-order valence-corrected chi connectivity index (χ0v) is 14.5. The van der Waals surface area contributed by atoms with Crippen molar-refractivity contribution in [1.29, 1.82) is 0 Å². The highest BCUT2D eigenvalue weighted by molar-refractivity contribution is 5.22. The lowest BCUT2D eigenvalue weighted by molar-refractivity contribution is 0.224. The van der Waals surface area contributed by atoms with Gasteiger partial charge in [-0.1, -0.05) is 60.7 Å². The van der Waals surface area contributed by atoms with Gasteiger partial charge in [-0.05, 0) is 31.0 Å². The van der Waals surface area contributed by atoms with E-state index < -0.39 is 0 Å². The molecule has 0 saturated carbocycles. The number of hydrogen-bond donors (Lipinski definition) is 0. The summed E-state index contributed by atoms with van der Waals surface area (Å²) in [5.41, 5.74) is 2.61. The van der Waals surface area contributed by atoms with Gasteiger partial charge < -0.3 is 4.42 Å². The molecule has 0 bridgehead atoms. The minimum absolute atomic E-state index is 0.479. The summed E-state index contributed by atoms with van der Waals surface area (Å²) >= 11 is 0. The summed E-state index contributed by atoms with van der Waals surface area (Å²) in [7, 11) is 0. The summed E-state index contributed by atoms with van der Waals surface area (Å²) in [4.78, 5) is 2.44. The molecule has 1 saturated heterocycles. The van der Waals surface area contributed by atoms with Gasteiger partial charge >= 0.3 is 0 Å². The summed E-state index contributed by atoms with van der Waals surface area (Å²) in [5.74, 6) is 1.98. The summed E-state index contributed by atoms with van der Waals surface area (Å²) in [6, 6.07) is 21.5. The van der Waals surface area contributed by atoms with Gasteiger partial charge in [-0.25, -0.2) is 0 Å². The average Bonchev–Trinajstić information content (AvgIpc) is 3.24. The Hall–Kier alpha value is -2.46. The fraction of sp³-hybridized carbons (Fsp3) is 0.333. The third-order valence-electron chi connectivity index (χ3n) is 5.16. The number of aromatic nitrogens is 2. The highest BCUT2D eigenvalue weighted by Gasteiger charge is 2.32. The molecule has 4 rings (SSSR count). The molecule has 1 aliphatic heterocycles. The molecule has 1 aromatic heterocycles. The maximum atomic E-state index is 5.87. The van der Waals surface area contributed by atoms with Crippen molar-refractivity contribution >= 4 is 0 Å². The van der Waals surface area contributed by atoms with Gasteiger partial charge in [0.1, 0.15) is 0 Å². The quantitative estimate of drug-likeness (QED) is 0.707. The van der Waals surface area contributed by atoms with Crippen LogP contribution < -0.4 is 0 Å². The molecular weight excluding hydrogens is 310 g/mol. The molecule has 1 fully saturated rings. The number of benzene rings is 2.